The molecule has 0 spiro atoms. The van der Waals surface area contributed by atoms with Gasteiger partial charge in [0.05, 0.1) is 13.2 Å². The Kier molecular flexibility index (Phi) is 8.60. The van der Waals surface area contributed by atoms with Crippen LogP contribution < -0.4 is 10.1 Å². The van der Waals surface area contributed by atoms with Crippen LogP contribution in [0.4, 0.5) is 4.39 Å². The Morgan fingerprint density at radius 3 is 2.38 bits per heavy atom. The van der Waals surface area contributed by atoms with E-state index in [4.69, 9.17) is 9.47 Å². The Bertz CT molecular complexity index is 1360. The maximum Gasteiger partial charge on any atom is 0.306 e. The van der Waals surface area contributed by atoms with Crippen molar-refractivity contribution in [3.63, 3.8) is 0 Å². The van der Waals surface area contributed by atoms with Gasteiger partial charge in [-0.1, -0.05) is 24.3 Å². The predicted octanol–water partition coefficient (Wildman–Crippen LogP) is 8.55. The highest BCUT2D eigenvalue weighted by Gasteiger charge is 2.35. The number of hydrogen-bond acceptors (Lipinski definition) is 4. The highest BCUT2D eigenvalue weighted by Crippen LogP contribution is 2.53. The molecule has 0 saturated heterocycles. The molecule has 0 aromatic heterocycles. The zero-order valence-electron chi connectivity index (χ0n) is 24.4. The summed E-state index contributed by atoms with van der Waals surface area (Å²) in [6.07, 6.45) is 5.42. The van der Waals surface area contributed by atoms with Gasteiger partial charge in [-0.05, 0) is 141 Å². The number of carbonyl (C=O) groups excluding carboxylic acids is 1. The van der Waals surface area contributed by atoms with Crippen LogP contribution in [0.25, 0.3) is 11.1 Å². The van der Waals surface area contributed by atoms with E-state index < -0.39 is 0 Å². The number of esters is 1. The van der Waals surface area contributed by atoms with E-state index in [1.54, 1.807) is 19.2 Å². The quantitative estimate of drug-likeness (QED) is 0.260. The smallest absolute Gasteiger partial charge is 0.306 e. The summed E-state index contributed by atoms with van der Waals surface area (Å²) in [6.45, 7) is 8.07. The van der Waals surface area contributed by atoms with Gasteiger partial charge in [-0.2, -0.15) is 0 Å². The number of benzene rings is 3. The first kappa shape index (κ1) is 28.4. The third-order valence-corrected chi connectivity index (χ3v) is 8.66. The zero-order valence-corrected chi connectivity index (χ0v) is 24.4. The summed E-state index contributed by atoms with van der Waals surface area (Å²) in [4.78, 5) is 12.2. The van der Waals surface area contributed by atoms with E-state index in [9.17, 15) is 4.79 Å². The van der Waals surface area contributed by atoms with E-state index in [1.807, 2.05) is 26.0 Å². The number of ether oxygens (including phenoxy) is 2. The molecule has 2 atom stereocenters. The highest BCUT2D eigenvalue weighted by molar-refractivity contribution is 5.73. The van der Waals surface area contributed by atoms with Crippen molar-refractivity contribution in [2.75, 3.05) is 7.11 Å². The Morgan fingerprint density at radius 1 is 0.925 bits per heavy atom. The van der Waals surface area contributed by atoms with Gasteiger partial charge < -0.3 is 14.8 Å². The van der Waals surface area contributed by atoms with E-state index >= 15 is 4.39 Å². The molecule has 0 aliphatic heterocycles. The van der Waals surface area contributed by atoms with Crippen molar-refractivity contribution >= 4 is 5.97 Å². The van der Waals surface area contributed by atoms with Crippen LogP contribution in [0.3, 0.4) is 0 Å². The number of halogens is 1. The minimum atomic E-state index is -0.261. The van der Waals surface area contributed by atoms with Crippen molar-refractivity contribution in [3.05, 3.63) is 88.2 Å². The lowest BCUT2D eigenvalue weighted by Gasteiger charge is -2.40. The maximum atomic E-state index is 15.0. The summed E-state index contributed by atoms with van der Waals surface area (Å²) in [5.41, 5.74) is 8.14. The number of carbonyl (C=O) groups is 1. The van der Waals surface area contributed by atoms with E-state index in [1.165, 1.54) is 47.9 Å². The van der Waals surface area contributed by atoms with Gasteiger partial charge in [0, 0.05) is 18.5 Å². The fourth-order valence-corrected chi connectivity index (χ4v) is 6.67. The molecule has 3 aromatic rings. The van der Waals surface area contributed by atoms with Gasteiger partial charge in [-0.3, -0.25) is 4.79 Å². The van der Waals surface area contributed by atoms with Gasteiger partial charge in [0.1, 0.15) is 11.6 Å². The monoisotopic (exact) mass is 543 g/mol. The van der Waals surface area contributed by atoms with Gasteiger partial charge in [-0.25, -0.2) is 4.39 Å². The van der Waals surface area contributed by atoms with Crippen LogP contribution in [0.15, 0.2) is 54.6 Å². The summed E-state index contributed by atoms with van der Waals surface area (Å²) in [5, 5.41) is 3.78. The van der Waals surface area contributed by atoms with E-state index in [2.05, 4.69) is 49.5 Å². The third kappa shape index (κ3) is 6.25. The minimum absolute atomic E-state index is 0.101. The van der Waals surface area contributed by atoms with Crippen molar-refractivity contribution < 1.29 is 18.7 Å². The lowest BCUT2D eigenvalue weighted by atomic mass is 9.64. The van der Waals surface area contributed by atoms with Crippen molar-refractivity contribution in [2.24, 2.45) is 0 Å². The van der Waals surface area contributed by atoms with Crippen molar-refractivity contribution in [3.8, 4) is 16.9 Å². The summed E-state index contributed by atoms with van der Waals surface area (Å²) >= 11 is 0. The normalized spacial score (nSPS) is 19.3. The molecule has 3 aliphatic rings. The van der Waals surface area contributed by atoms with Crippen LogP contribution in [0.2, 0.25) is 0 Å². The van der Waals surface area contributed by atoms with E-state index in [0.29, 0.717) is 18.3 Å². The molecular formula is C35H42FNO3. The van der Waals surface area contributed by atoms with Crippen LogP contribution in [0.1, 0.15) is 112 Å². The van der Waals surface area contributed by atoms with Crippen LogP contribution in [0.5, 0.6) is 5.75 Å². The molecule has 0 heterocycles. The highest BCUT2D eigenvalue weighted by atomic mass is 19.1. The molecule has 0 amide bonds. The fraction of sp³-hybridized carbons (Fsp3) is 0.457. The Labute approximate surface area is 238 Å². The summed E-state index contributed by atoms with van der Waals surface area (Å²) < 4.78 is 25.7. The van der Waals surface area contributed by atoms with Gasteiger partial charge in [-0.15, -0.1) is 0 Å². The number of hydrogen-bond donors (Lipinski definition) is 1. The number of aryl methyl sites for hydroxylation is 1. The van der Waals surface area contributed by atoms with Gasteiger partial charge in [0.25, 0.3) is 0 Å². The number of fused-ring (bicyclic) bond motifs is 2. The number of nitrogens with one attached hydrogen (secondary N) is 1. The van der Waals surface area contributed by atoms with Crippen LogP contribution >= 0.6 is 0 Å². The summed E-state index contributed by atoms with van der Waals surface area (Å²) in [7, 11) is 1.69. The SMILES string of the molecule is COc1cccc([C@@H](C)N[C@@H](C)c2cc(-c3cc(F)cc(CCC(=O)OC(C)C)c3)c3c(c2)C2CCC3CC2)c1. The second kappa shape index (κ2) is 12.1. The topological polar surface area (TPSA) is 47.6 Å². The second-order valence-electron chi connectivity index (χ2n) is 11.9. The summed E-state index contributed by atoms with van der Waals surface area (Å²) in [5.74, 6) is 1.44. The molecule has 6 rings (SSSR count). The molecule has 3 aromatic carbocycles. The van der Waals surface area contributed by atoms with Gasteiger partial charge in [0.15, 0.2) is 0 Å². The molecule has 1 N–H and O–H groups in total. The van der Waals surface area contributed by atoms with Crippen LogP contribution in [-0.4, -0.2) is 19.2 Å². The first-order valence-corrected chi connectivity index (χ1v) is 14.8. The molecule has 3 aliphatic carbocycles. The van der Waals surface area contributed by atoms with Crippen molar-refractivity contribution in [1.29, 1.82) is 0 Å². The van der Waals surface area contributed by atoms with E-state index in [-0.39, 0.29) is 36.4 Å². The molecular weight excluding hydrogens is 501 g/mol. The lowest BCUT2D eigenvalue weighted by Crippen LogP contribution is -2.25. The number of methoxy groups -OCH3 is 1. The Balaban J connectivity index is 1.48. The molecule has 1 saturated carbocycles. The molecule has 0 unspecified atom stereocenters. The second-order valence-corrected chi connectivity index (χ2v) is 11.9. The maximum absolute atomic E-state index is 15.0. The Morgan fingerprint density at radius 2 is 1.65 bits per heavy atom. The van der Waals surface area contributed by atoms with Gasteiger partial charge in [0.2, 0.25) is 0 Å². The third-order valence-electron chi connectivity index (χ3n) is 8.66. The first-order valence-electron chi connectivity index (χ1n) is 14.8. The van der Waals surface area contributed by atoms with Crippen LogP contribution in [0, 0.1) is 5.82 Å². The zero-order chi connectivity index (χ0) is 28.4. The van der Waals surface area contributed by atoms with Crippen molar-refractivity contribution in [2.45, 2.75) is 96.2 Å². The summed E-state index contributed by atoms with van der Waals surface area (Å²) in [6, 6.07) is 18.4. The Hall–Kier alpha value is -3.18. The first-order chi connectivity index (χ1) is 19.2. The van der Waals surface area contributed by atoms with Gasteiger partial charge >= 0.3 is 5.97 Å². The number of rotatable bonds is 10. The standard InChI is InChI=1S/C35H42FNO3/c1-21(2)40-34(38)14-9-24-15-29(17-30(36)16-24)33-20-28(19-32-25-10-12-26(13-11-25)35(32)33)23(4)37-22(3)27-7-6-8-31(18-27)39-5/h6-8,15-23,25-26,37H,9-14H2,1-5H3/t22-,23+,25?,26?/m1/s1. The molecule has 4 nitrogen and oxygen atoms in total. The van der Waals surface area contributed by atoms with E-state index in [0.717, 1.165) is 22.4 Å². The largest absolute Gasteiger partial charge is 0.497 e. The van der Waals surface area contributed by atoms with Crippen LogP contribution in [-0.2, 0) is 16.0 Å². The average Bonchev–Trinajstić information content (AvgIpc) is 2.95. The lowest BCUT2D eigenvalue weighted by molar-refractivity contribution is -0.147. The molecule has 212 valence electrons. The minimum Gasteiger partial charge on any atom is -0.497 e. The molecule has 5 heteroatoms. The van der Waals surface area contributed by atoms with Crippen molar-refractivity contribution in [1.82, 2.24) is 5.32 Å². The average molecular weight is 544 g/mol. The fourth-order valence-electron chi connectivity index (χ4n) is 6.67. The molecule has 1 fully saturated rings. The molecule has 0 radical (unpaired) electrons. The molecule has 40 heavy (non-hydrogen) atoms. The predicted molar refractivity (Wildman–Crippen MR) is 158 cm³/mol. The molecule has 2 bridgehead atoms.